The van der Waals surface area contributed by atoms with Gasteiger partial charge in [-0.05, 0) is 34.2 Å². The van der Waals surface area contributed by atoms with Crippen molar-refractivity contribution in [1.29, 1.82) is 0 Å². The van der Waals surface area contributed by atoms with E-state index in [9.17, 15) is 13.2 Å². The molecule has 1 unspecified atom stereocenters. The van der Waals surface area contributed by atoms with Crippen molar-refractivity contribution in [3.63, 3.8) is 0 Å². The van der Waals surface area contributed by atoms with E-state index >= 15 is 0 Å². The first-order valence-corrected chi connectivity index (χ1v) is 8.23. The topological polar surface area (TPSA) is 71.4 Å². The molecule has 0 aromatic carbocycles. The maximum Gasteiger partial charge on any atom is 0.321 e. The molecule has 0 aliphatic rings. The second-order valence-corrected chi connectivity index (χ2v) is 8.49. The third-order valence-electron chi connectivity index (χ3n) is 2.45. The van der Waals surface area contributed by atoms with Crippen LogP contribution in [0.3, 0.4) is 0 Å². The van der Waals surface area contributed by atoms with Crippen molar-refractivity contribution in [1.82, 2.24) is 0 Å². The molecule has 0 bridgehead atoms. The number of rotatable bonds is 5. The molecule has 0 amide bonds. The number of carbonyl (C=O) groups is 1. The first-order valence-electron chi connectivity index (χ1n) is 5.57. The Kier molecular flexibility index (Phi) is 4.55. The van der Waals surface area contributed by atoms with Gasteiger partial charge in [-0.3, -0.25) is 4.79 Å². The van der Waals surface area contributed by atoms with Crippen LogP contribution in [0.5, 0.6) is 0 Å². The molecule has 1 rings (SSSR count). The monoisotopic (exact) mass is 290 g/mol. The lowest BCUT2D eigenvalue weighted by Crippen LogP contribution is -2.34. The van der Waals surface area contributed by atoms with Crippen LogP contribution in [0.1, 0.15) is 32.8 Å². The molecule has 1 aromatic rings. The first kappa shape index (κ1) is 15.2. The summed E-state index contributed by atoms with van der Waals surface area (Å²) in [7, 11) is -3.67. The van der Waals surface area contributed by atoms with Gasteiger partial charge in [-0.15, -0.1) is 0 Å². The van der Waals surface area contributed by atoms with Gasteiger partial charge in [-0.25, -0.2) is 8.42 Å². The lowest BCUT2D eigenvalue weighted by Gasteiger charge is -2.23. The SMILES string of the molecule is CC(C)(C)CC(C(=O)O)S(=O)(=O)Cc1ccsc1. The van der Waals surface area contributed by atoms with Crippen molar-refractivity contribution in [2.45, 2.75) is 38.2 Å². The van der Waals surface area contributed by atoms with Gasteiger partial charge in [0.25, 0.3) is 0 Å². The van der Waals surface area contributed by atoms with E-state index < -0.39 is 21.1 Å². The third kappa shape index (κ3) is 4.42. The fraction of sp³-hybridized carbons (Fsp3) is 0.583. The van der Waals surface area contributed by atoms with Crippen molar-refractivity contribution in [3.05, 3.63) is 22.4 Å². The minimum Gasteiger partial charge on any atom is -0.480 e. The van der Waals surface area contributed by atoms with Gasteiger partial charge >= 0.3 is 5.97 Å². The third-order valence-corrected chi connectivity index (χ3v) is 5.16. The highest BCUT2D eigenvalue weighted by Crippen LogP contribution is 2.26. The van der Waals surface area contributed by atoms with E-state index in [0.717, 1.165) is 0 Å². The molecule has 6 heteroatoms. The Morgan fingerprint density at radius 1 is 1.44 bits per heavy atom. The molecule has 0 aliphatic carbocycles. The van der Waals surface area contributed by atoms with Crippen LogP contribution in [-0.4, -0.2) is 24.7 Å². The molecule has 0 aliphatic heterocycles. The van der Waals surface area contributed by atoms with Crippen molar-refractivity contribution in [3.8, 4) is 0 Å². The minimum absolute atomic E-state index is 0.120. The minimum atomic E-state index is -3.67. The number of hydrogen-bond donors (Lipinski definition) is 1. The Morgan fingerprint density at radius 2 is 2.06 bits per heavy atom. The molecule has 18 heavy (non-hydrogen) atoms. The van der Waals surface area contributed by atoms with Crippen molar-refractivity contribution in [2.24, 2.45) is 5.41 Å². The van der Waals surface area contributed by atoms with Crippen molar-refractivity contribution in [2.75, 3.05) is 0 Å². The number of carboxylic acid groups (broad SMARTS) is 1. The predicted octanol–water partition coefficient (Wildman–Crippen LogP) is 2.55. The lowest BCUT2D eigenvalue weighted by atomic mass is 9.90. The highest BCUT2D eigenvalue weighted by molar-refractivity contribution is 7.92. The molecule has 0 spiro atoms. The molecule has 0 saturated heterocycles. The van der Waals surface area contributed by atoms with Crippen LogP contribution in [0, 0.1) is 5.41 Å². The average molecular weight is 290 g/mol. The zero-order chi connectivity index (χ0) is 14.0. The van der Waals surface area contributed by atoms with Crippen molar-refractivity contribution < 1.29 is 18.3 Å². The summed E-state index contributed by atoms with van der Waals surface area (Å²) in [6.45, 7) is 5.51. The Labute approximate surface area is 112 Å². The molecule has 1 atom stereocenters. The molecule has 0 saturated carbocycles. The Hall–Kier alpha value is -0.880. The van der Waals surface area contributed by atoms with E-state index in [1.807, 2.05) is 20.8 Å². The summed E-state index contributed by atoms with van der Waals surface area (Å²) in [6, 6.07) is 1.71. The fourth-order valence-corrected chi connectivity index (χ4v) is 4.31. The van der Waals surface area contributed by atoms with Gasteiger partial charge in [0.2, 0.25) is 0 Å². The van der Waals surface area contributed by atoms with Crippen molar-refractivity contribution >= 4 is 27.1 Å². The van der Waals surface area contributed by atoms with Gasteiger partial charge in [0, 0.05) is 0 Å². The molecule has 0 radical (unpaired) electrons. The van der Waals surface area contributed by atoms with Crippen LogP contribution in [0.2, 0.25) is 0 Å². The van der Waals surface area contributed by atoms with Crippen LogP contribution in [0.25, 0.3) is 0 Å². The smallest absolute Gasteiger partial charge is 0.321 e. The van der Waals surface area contributed by atoms with Crippen LogP contribution in [-0.2, 0) is 20.4 Å². The van der Waals surface area contributed by atoms with Crippen LogP contribution in [0.4, 0.5) is 0 Å². The maximum atomic E-state index is 12.1. The Morgan fingerprint density at radius 3 is 2.44 bits per heavy atom. The molecule has 1 heterocycles. The lowest BCUT2D eigenvalue weighted by molar-refractivity contribution is -0.137. The number of carboxylic acids is 1. The molecule has 0 fully saturated rings. The quantitative estimate of drug-likeness (QED) is 0.904. The summed E-state index contributed by atoms with van der Waals surface area (Å²) in [5.74, 6) is -1.47. The average Bonchev–Trinajstić information content (AvgIpc) is 2.64. The van der Waals surface area contributed by atoms with Crippen LogP contribution < -0.4 is 0 Å². The highest BCUT2D eigenvalue weighted by atomic mass is 32.2. The van der Waals surface area contributed by atoms with E-state index in [1.54, 1.807) is 16.8 Å². The zero-order valence-corrected chi connectivity index (χ0v) is 12.3. The fourth-order valence-electron chi connectivity index (χ4n) is 1.63. The Balaban J connectivity index is 2.94. The summed E-state index contributed by atoms with van der Waals surface area (Å²) in [5.41, 5.74) is 0.310. The second kappa shape index (κ2) is 5.40. The number of hydrogen-bond acceptors (Lipinski definition) is 4. The van der Waals surface area contributed by atoms with E-state index in [1.165, 1.54) is 11.3 Å². The number of sulfone groups is 1. The first-order chi connectivity index (χ1) is 8.12. The van der Waals surface area contributed by atoms with Gasteiger partial charge in [0.1, 0.15) is 0 Å². The molecule has 4 nitrogen and oxygen atoms in total. The molecule has 102 valence electrons. The van der Waals surface area contributed by atoms with E-state index in [2.05, 4.69) is 0 Å². The standard InChI is InChI=1S/C12H18O4S2/c1-12(2,3)6-10(11(13)14)18(15,16)8-9-4-5-17-7-9/h4-5,7,10H,6,8H2,1-3H3,(H,13,14). The number of thiophene rings is 1. The summed E-state index contributed by atoms with van der Waals surface area (Å²) in [4.78, 5) is 11.2. The number of aliphatic carboxylic acids is 1. The molecular weight excluding hydrogens is 272 g/mol. The highest BCUT2D eigenvalue weighted by Gasteiger charge is 2.35. The predicted molar refractivity (Wildman–Crippen MR) is 72.4 cm³/mol. The molecular formula is C12H18O4S2. The summed E-state index contributed by atoms with van der Waals surface area (Å²) < 4.78 is 24.3. The van der Waals surface area contributed by atoms with Crippen LogP contribution >= 0.6 is 11.3 Å². The van der Waals surface area contributed by atoms with Gasteiger partial charge in [0.05, 0.1) is 5.75 Å². The molecule has 1 aromatic heterocycles. The van der Waals surface area contributed by atoms with Crippen LogP contribution in [0.15, 0.2) is 16.8 Å². The van der Waals surface area contributed by atoms with Gasteiger partial charge in [0.15, 0.2) is 15.1 Å². The van der Waals surface area contributed by atoms with E-state index in [0.29, 0.717) is 5.56 Å². The summed E-state index contributed by atoms with van der Waals surface area (Å²) in [5, 5.41) is 11.3. The largest absolute Gasteiger partial charge is 0.480 e. The second-order valence-electron chi connectivity index (χ2n) is 5.53. The maximum absolute atomic E-state index is 12.1. The molecule has 1 N–H and O–H groups in total. The van der Waals surface area contributed by atoms with Gasteiger partial charge in [-0.2, -0.15) is 11.3 Å². The Bertz CT molecular complexity index is 495. The summed E-state index contributed by atoms with van der Waals surface area (Å²) >= 11 is 1.40. The normalized spacial score (nSPS) is 14.4. The van der Waals surface area contributed by atoms with E-state index in [4.69, 9.17) is 5.11 Å². The van der Waals surface area contributed by atoms with E-state index in [-0.39, 0.29) is 17.6 Å². The van der Waals surface area contributed by atoms with Gasteiger partial charge < -0.3 is 5.11 Å². The summed E-state index contributed by atoms with van der Waals surface area (Å²) in [6.07, 6.45) is 0.120. The van der Waals surface area contributed by atoms with Gasteiger partial charge in [-0.1, -0.05) is 20.8 Å². The zero-order valence-electron chi connectivity index (χ0n) is 10.7.